The number of carboxylic acids is 1. The van der Waals surface area contributed by atoms with Gasteiger partial charge in [-0.15, -0.1) is 0 Å². The Hall–Kier alpha value is -4.97. The summed E-state index contributed by atoms with van der Waals surface area (Å²) in [5.74, 6) is -2.69. The SMILES string of the molecule is O=C(O)c1ccc2c(c1)C(=O)OC2=O.O=C=Nc1ccc(Cc2ccc(N=C=O)cc2)cc1. The maximum atomic E-state index is 11.0. The van der Waals surface area contributed by atoms with E-state index in [-0.39, 0.29) is 16.7 Å². The summed E-state index contributed by atoms with van der Waals surface area (Å²) >= 11 is 0. The average molecular weight is 442 g/mol. The largest absolute Gasteiger partial charge is 0.478 e. The molecule has 1 aliphatic rings. The fourth-order valence-electron chi connectivity index (χ4n) is 2.94. The van der Waals surface area contributed by atoms with Crippen LogP contribution >= 0.6 is 0 Å². The molecule has 0 radical (unpaired) electrons. The van der Waals surface area contributed by atoms with E-state index in [0.717, 1.165) is 23.6 Å². The number of rotatable bonds is 5. The molecule has 1 aliphatic heterocycles. The predicted octanol–water partition coefficient (Wildman–Crippen LogP) is 3.91. The minimum Gasteiger partial charge on any atom is -0.478 e. The monoisotopic (exact) mass is 442 g/mol. The predicted molar refractivity (Wildman–Crippen MR) is 114 cm³/mol. The van der Waals surface area contributed by atoms with E-state index < -0.39 is 17.9 Å². The molecule has 0 saturated carbocycles. The fourth-order valence-corrected chi connectivity index (χ4v) is 2.94. The van der Waals surface area contributed by atoms with E-state index in [1.165, 1.54) is 24.3 Å². The third-order valence-electron chi connectivity index (χ3n) is 4.52. The molecule has 9 heteroatoms. The van der Waals surface area contributed by atoms with Crippen molar-refractivity contribution in [3.8, 4) is 0 Å². The van der Waals surface area contributed by atoms with Gasteiger partial charge in [0, 0.05) is 0 Å². The Morgan fingerprint density at radius 2 is 1.24 bits per heavy atom. The molecule has 1 heterocycles. The number of cyclic esters (lactones) is 2. The lowest BCUT2D eigenvalue weighted by atomic mass is 10.0. The molecule has 0 aromatic heterocycles. The molecule has 4 rings (SSSR count). The lowest BCUT2D eigenvalue weighted by molar-refractivity contribution is 0.0443. The van der Waals surface area contributed by atoms with Gasteiger partial charge in [0.1, 0.15) is 0 Å². The Morgan fingerprint density at radius 3 is 1.70 bits per heavy atom. The number of carbonyl (C=O) groups excluding carboxylic acids is 4. The highest BCUT2D eigenvalue weighted by Crippen LogP contribution is 2.21. The summed E-state index contributed by atoms with van der Waals surface area (Å²) in [5.41, 5.74) is 3.47. The van der Waals surface area contributed by atoms with Crippen molar-refractivity contribution in [3.05, 3.63) is 94.5 Å². The van der Waals surface area contributed by atoms with Crippen LogP contribution in [0, 0.1) is 0 Å². The van der Waals surface area contributed by atoms with Gasteiger partial charge in [0.15, 0.2) is 0 Å². The van der Waals surface area contributed by atoms with E-state index in [2.05, 4.69) is 14.7 Å². The van der Waals surface area contributed by atoms with Crippen LogP contribution in [-0.2, 0) is 20.7 Å². The summed E-state index contributed by atoms with van der Waals surface area (Å²) < 4.78 is 4.30. The number of hydrogen-bond donors (Lipinski definition) is 1. The molecule has 0 atom stereocenters. The molecule has 0 saturated heterocycles. The number of esters is 2. The summed E-state index contributed by atoms with van der Waals surface area (Å²) in [6, 6.07) is 18.4. The fraction of sp³-hybridized carbons (Fsp3) is 0.0417. The number of carboxylic acid groups (broad SMARTS) is 1. The standard InChI is InChI=1S/C15H10N2O2.C9H4O5/c18-10-16-14-5-1-12(2-6-14)9-13-3-7-15(8-4-13)17-11-19;10-7(11)4-1-2-5-6(3-4)9(13)14-8(5)12/h1-8H,9H2;1-3H,(H,10,11). The van der Waals surface area contributed by atoms with Crippen LogP contribution < -0.4 is 0 Å². The van der Waals surface area contributed by atoms with Crippen LogP contribution in [0.2, 0.25) is 0 Å². The molecule has 0 spiro atoms. The number of fused-ring (bicyclic) bond motifs is 1. The first kappa shape index (κ1) is 22.7. The number of aliphatic imine (C=N–C) groups is 2. The Morgan fingerprint density at radius 1 is 0.758 bits per heavy atom. The first-order chi connectivity index (χ1) is 15.9. The van der Waals surface area contributed by atoms with Crippen molar-refractivity contribution >= 4 is 41.4 Å². The highest BCUT2D eigenvalue weighted by atomic mass is 16.6. The molecule has 3 aromatic carbocycles. The lowest BCUT2D eigenvalue weighted by Gasteiger charge is -2.02. The van der Waals surface area contributed by atoms with E-state index in [4.69, 9.17) is 5.11 Å². The van der Waals surface area contributed by atoms with Crippen LogP contribution in [0.15, 0.2) is 76.7 Å². The van der Waals surface area contributed by atoms with Gasteiger partial charge in [-0.3, -0.25) is 0 Å². The summed E-state index contributed by atoms with van der Waals surface area (Å²) in [7, 11) is 0. The molecule has 33 heavy (non-hydrogen) atoms. The van der Waals surface area contributed by atoms with E-state index in [0.29, 0.717) is 11.4 Å². The van der Waals surface area contributed by atoms with E-state index >= 15 is 0 Å². The number of hydrogen-bond acceptors (Lipinski definition) is 8. The molecular weight excluding hydrogens is 428 g/mol. The topological polar surface area (TPSA) is 140 Å². The molecule has 0 amide bonds. The minimum atomic E-state index is -1.15. The second-order valence-electron chi connectivity index (χ2n) is 6.66. The Labute approximate surface area is 186 Å². The molecule has 0 unspecified atom stereocenters. The van der Waals surface area contributed by atoms with Gasteiger partial charge in [-0.25, -0.2) is 24.0 Å². The second-order valence-corrected chi connectivity index (χ2v) is 6.66. The Bertz CT molecular complexity index is 1260. The number of isocyanates is 2. The highest BCUT2D eigenvalue weighted by Gasteiger charge is 2.30. The maximum Gasteiger partial charge on any atom is 0.346 e. The summed E-state index contributed by atoms with van der Waals surface area (Å²) in [6.45, 7) is 0. The van der Waals surface area contributed by atoms with Crippen molar-refractivity contribution in [2.75, 3.05) is 0 Å². The van der Waals surface area contributed by atoms with Gasteiger partial charge < -0.3 is 9.84 Å². The third kappa shape index (κ3) is 5.80. The van der Waals surface area contributed by atoms with Crippen LogP contribution in [0.3, 0.4) is 0 Å². The smallest absolute Gasteiger partial charge is 0.346 e. The maximum absolute atomic E-state index is 11.0. The normalized spacial score (nSPS) is 11.2. The van der Waals surface area contributed by atoms with Crippen LogP contribution in [0.4, 0.5) is 11.4 Å². The number of ether oxygens (including phenoxy) is 1. The number of benzene rings is 3. The van der Waals surface area contributed by atoms with Crippen LogP contribution in [0.25, 0.3) is 0 Å². The van der Waals surface area contributed by atoms with Gasteiger partial charge in [-0.1, -0.05) is 24.3 Å². The van der Waals surface area contributed by atoms with Crippen molar-refractivity contribution in [3.63, 3.8) is 0 Å². The van der Waals surface area contributed by atoms with Crippen molar-refractivity contribution in [2.45, 2.75) is 6.42 Å². The molecule has 1 N–H and O–H groups in total. The van der Waals surface area contributed by atoms with Crippen molar-refractivity contribution < 1.29 is 33.8 Å². The molecule has 9 nitrogen and oxygen atoms in total. The van der Waals surface area contributed by atoms with E-state index in [9.17, 15) is 24.0 Å². The minimum absolute atomic E-state index is 0.00917. The molecule has 0 bridgehead atoms. The van der Waals surface area contributed by atoms with Gasteiger partial charge in [-0.2, -0.15) is 9.98 Å². The quantitative estimate of drug-likeness (QED) is 0.273. The third-order valence-corrected chi connectivity index (χ3v) is 4.52. The van der Waals surface area contributed by atoms with Crippen molar-refractivity contribution in [1.82, 2.24) is 0 Å². The molecule has 0 aliphatic carbocycles. The zero-order chi connectivity index (χ0) is 23.8. The van der Waals surface area contributed by atoms with Crippen LogP contribution in [0.5, 0.6) is 0 Å². The lowest BCUT2D eigenvalue weighted by Crippen LogP contribution is -2.00. The summed E-state index contributed by atoms with van der Waals surface area (Å²) in [6.07, 6.45) is 3.77. The summed E-state index contributed by atoms with van der Waals surface area (Å²) in [5, 5.41) is 8.63. The average Bonchev–Trinajstić information content (AvgIpc) is 3.10. The molecule has 0 fully saturated rings. The second kappa shape index (κ2) is 10.4. The molecule has 3 aromatic rings. The highest BCUT2D eigenvalue weighted by molar-refractivity contribution is 6.15. The van der Waals surface area contributed by atoms with Gasteiger partial charge in [0.05, 0.1) is 28.1 Å². The Balaban J connectivity index is 0.000000194. The van der Waals surface area contributed by atoms with E-state index in [1.807, 2.05) is 24.3 Å². The Kier molecular flexibility index (Phi) is 7.13. The van der Waals surface area contributed by atoms with Crippen LogP contribution in [0.1, 0.15) is 42.2 Å². The number of nitrogens with zero attached hydrogens (tertiary/aromatic N) is 2. The van der Waals surface area contributed by atoms with Gasteiger partial charge in [0.2, 0.25) is 12.2 Å². The molecule has 162 valence electrons. The van der Waals surface area contributed by atoms with E-state index in [1.54, 1.807) is 24.3 Å². The first-order valence-electron chi connectivity index (χ1n) is 9.38. The number of aromatic carboxylic acids is 1. The first-order valence-corrected chi connectivity index (χ1v) is 9.38. The van der Waals surface area contributed by atoms with Crippen LogP contribution in [-0.4, -0.2) is 35.2 Å². The van der Waals surface area contributed by atoms with Gasteiger partial charge >= 0.3 is 17.9 Å². The van der Waals surface area contributed by atoms with Crippen molar-refractivity contribution in [1.29, 1.82) is 0 Å². The van der Waals surface area contributed by atoms with Crippen molar-refractivity contribution in [2.24, 2.45) is 9.98 Å². The zero-order valence-corrected chi connectivity index (χ0v) is 16.8. The summed E-state index contributed by atoms with van der Waals surface area (Å²) in [4.78, 5) is 59.8. The molecular formula is C24H14N2O7. The van der Waals surface area contributed by atoms with Gasteiger partial charge in [0.25, 0.3) is 0 Å². The zero-order valence-electron chi connectivity index (χ0n) is 16.8. The van der Waals surface area contributed by atoms with Gasteiger partial charge in [-0.05, 0) is 60.0 Å². The number of carbonyl (C=O) groups is 3.